The van der Waals surface area contributed by atoms with Gasteiger partial charge in [0.2, 0.25) is 0 Å². The summed E-state index contributed by atoms with van der Waals surface area (Å²) < 4.78 is 0. The van der Waals surface area contributed by atoms with Crippen LogP contribution in [0.25, 0.3) is 0 Å². The second-order valence-corrected chi connectivity index (χ2v) is 3.82. The van der Waals surface area contributed by atoms with Crippen LogP contribution < -0.4 is 0 Å². The van der Waals surface area contributed by atoms with E-state index in [-0.39, 0.29) is 6.04 Å². The lowest BCUT2D eigenvalue weighted by Gasteiger charge is -2.46. The van der Waals surface area contributed by atoms with E-state index in [1.54, 1.807) is 6.92 Å². The monoisotopic (exact) mass is 182 g/mol. The largest absolute Gasteiger partial charge is 0.481 e. The molecule has 1 saturated heterocycles. The Morgan fingerprint density at radius 2 is 2.31 bits per heavy atom. The number of carboxylic acid groups (broad SMARTS) is 1. The molecule has 0 aromatic rings. The van der Waals surface area contributed by atoms with Crippen molar-refractivity contribution in [1.82, 2.24) is 4.90 Å². The second-order valence-electron chi connectivity index (χ2n) is 3.82. The first-order valence-corrected chi connectivity index (χ1v) is 4.40. The van der Waals surface area contributed by atoms with Crippen molar-refractivity contribution in [3.05, 3.63) is 0 Å². The van der Waals surface area contributed by atoms with Gasteiger partial charge in [-0.05, 0) is 13.3 Å². The van der Waals surface area contributed by atoms with Crippen molar-refractivity contribution in [2.24, 2.45) is 5.41 Å². The molecule has 0 aliphatic carbocycles. The normalized spacial score (nSPS) is 22.8. The van der Waals surface area contributed by atoms with Crippen molar-refractivity contribution in [3.63, 3.8) is 0 Å². The molecule has 0 amide bonds. The van der Waals surface area contributed by atoms with Gasteiger partial charge in [0.05, 0.1) is 17.5 Å². The van der Waals surface area contributed by atoms with Crippen LogP contribution in [0, 0.1) is 16.7 Å². The SMILES string of the molecule is CCC(C#N)N1CC(C)(C(=O)O)C1. The highest BCUT2D eigenvalue weighted by molar-refractivity contribution is 5.76. The van der Waals surface area contributed by atoms with Gasteiger partial charge >= 0.3 is 5.97 Å². The molecule has 1 fully saturated rings. The molecular weight excluding hydrogens is 168 g/mol. The van der Waals surface area contributed by atoms with Crippen LogP contribution in [0.15, 0.2) is 0 Å². The third kappa shape index (κ3) is 1.65. The van der Waals surface area contributed by atoms with Crippen LogP contribution >= 0.6 is 0 Å². The molecule has 1 atom stereocenters. The molecule has 0 spiro atoms. The fourth-order valence-electron chi connectivity index (χ4n) is 1.64. The highest BCUT2D eigenvalue weighted by Gasteiger charge is 2.47. The Hall–Kier alpha value is -1.08. The summed E-state index contributed by atoms with van der Waals surface area (Å²) in [5.74, 6) is -0.767. The average molecular weight is 182 g/mol. The van der Waals surface area contributed by atoms with Gasteiger partial charge in [-0.2, -0.15) is 5.26 Å². The van der Waals surface area contributed by atoms with Gasteiger partial charge in [-0.1, -0.05) is 6.92 Å². The maximum absolute atomic E-state index is 10.7. The molecule has 1 aliphatic rings. The summed E-state index contributed by atoms with van der Waals surface area (Å²) >= 11 is 0. The Bertz CT molecular complexity index is 251. The minimum Gasteiger partial charge on any atom is -0.481 e. The molecule has 1 heterocycles. The lowest BCUT2D eigenvalue weighted by molar-refractivity contribution is -0.159. The summed E-state index contributed by atoms with van der Waals surface area (Å²) in [5, 5.41) is 17.6. The number of nitrogens with zero attached hydrogens (tertiary/aromatic N) is 2. The Labute approximate surface area is 77.8 Å². The standard InChI is InChI=1S/C9H14N2O2/c1-3-7(4-10)11-5-9(2,6-11)8(12)13/h7H,3,5-6H2,1-2H3,(H,12,13). The molecule has 0 saturated carbocycles. The first kappa shape index (κ1) is 10.0. The van der Waals surface area contributed by atoms with E-state index < -0.39 is 11.4 Å². The van der Waals surface area contributed by atoms with Crippen molar-refractivity contribution < 1.29 is 9.90 Å². The van der Waals surface area contributed by atoms with Crippen molar-refractivity contribution in [1.29, 1.82) is 5.26 Å². The molecule has 0 aromatic heterocycles. The minimum absolute atomic E-state index is 0.118. The molecule has 0 bridgehead atoms. The van der Waals surface area contributed by atoms with Gasteiger partial charge < -0.3 is 5.11 Å². The summed E-state index contributed by atoms with van der Waals surface area (Å²) in [5.41, 5.74) is -0.635. The fourth-order valence-corrected chi connectivity index (χ4v) is 1.64. The molecule has 1 unspecified atom stereocenters. The zero-order valence-electron chi connectivity index (χ0n) is 7.95. The van der Waals surface area contributed by atoms with Crippen molar-refractivity contribution in [3.8, 4) is 6.07 Å². The maximum Gasteiger partial charge on any atom is 0.311 e. The van der Waals surface area contributed by atoms with E-state index in [0.29, 0.717) is 13.1 Å². The number of carbonyl (C=O) groups is 1. The van der Waals surface area contributed by atoms with Crippen LogP contribution in [0.2, 0.25) is 0 Å². The molecule has 4 nitrogen and oxygen atoms in total. The van der Waals surface area contributed by atoms with Crippen LogP contribution in [-0.4, -0.2) is 35.1 Å². The quantitative estimate of drug-likeness (QED) is 0.697. The zero-order valence-corrected chi connectivity index (χ0v) is 7.95. The Morgan fingerprint density at radius 3 is 2.62 bits per heavy atom. The first-order chi connectivity index (χ1) is 6.03. The smallest absolute Gasteiger partial charge is 0.311 e. The Morgan fingerprint density at radius 1 is 1.77 bits per heavy atom. The van der Waals surface area contributed by atoms with Gasteiger partial charge in [-0.15, -0.1) is 0 Å². The van der Waals surface area contributed by atoms with Gasteiger partial charge in [-0.25, -0.2) is 0 Å². The first-order valence-electron chi connectivity index (χ1n) is 4.40. The number of carboxylic acids is 1. The third-order valence-corrected chi connectivity index (χ3v) is 2.60. The van der Waals surface area contributed by atoms with E-state index in [0.717, 1.165) is 6.42 Å². The summed E-state index contributed by atoms with van der Waals surface area (Å²) in [6.45, 7) is 4.64. The molecule has 1 rings (SSSR count). The molecule has 72 valence electrons. The van der Waals surface area contributed by atoms with Gasteiger partial charge in [0, 0.05) is 13.1 Å². The second kappa shape index (κ2) is 3.35. The predicted molar refractivity (Wildman–Crippen MR) is 47.0 cm³/mol. The molecule has 0 aromatic carbocycles. The van der Waals surface area contributed by atoms with Crippen LogP contribution in [0.1, 0.15) is 20.3 Å². The van der Waals surface area contributed by atoms with E-state index in [2.05, 4.69) is 6.07 Å². The fraction of sp³-hybridized carbons (Fsp3) is 0.778. The van der Waals surface area contributed by atoms with Crippen LogP contribution in [-0.2, 0) is 4.79 Å². The lowest BCUT2D eigenvalue weighted by Crippen LogP contribution is -2.61. The number of hydrogen-bond donors (Lipinski definition) is 1. The van der Waals surface area contributed by atoms with E-state index in [1.165, 1.54) is 0 Å². The molecule has 0 radical (unpaired) electrons. The highest BCUT2D eigenvalue weighted by atomic mass is 16.4. The summed E-state index contributed by atoms with van der Waals surface area (Å²) in [6.07, 6.45) is 0.756. The minimum atomic E-state index is -0.767. The van der Waals surface area contributed by atoms with E-state index >= 15 is 0 Å². The van der Waals surface area contributed by atoms with E-state index in [9.17, 15) is 4.79 Å². The number of likely N-dealkylation sites (tertiary alicyclic amines) is 1. The van der Waals surface area contributed by atoms with Crippen molar-refractivity contribution in [2.75, 3.05) is 13.1 Å². The number of nitriles is 1. The van der Waals surface area contributed by atoms with Crippen LogP contribution in [0.5, 0.6) is 0 Å². The Kier molecular flexibility index (Phi) is 2.58. The van der Waals surface area contributed by atoms with Crippen molar-refractivity contribution >= 4 is 5.97 Å². The summed E-state index contributed by atoms with van der Waals surface area (Å²) in [4.78, 5) is 12.6. The predicted octanol–water partition coefficient (Wildman–Crippen LogP) is 0.695. The summed E-state index contributed by atoms with van der Waals surface area (Å²) in [6, 6.07) is 2.05. The summed E-state index contributed by atoms with van der Waals surface area (Å²) in [7, 11) is 0. The van der Waals surface area contributed by atoms with E-state index in [4.69, 9.17) is 10.4 Å². The van der Waals surface area contributed by atoms with Gasteiger partial charge in [-0.3, -0.25) is 9.69 Å². The molecule has 13 heavy (non-hydrogen) atoms. The molecule has 4 heteroatoms. The zero-order chi connectivity index (χ0) is 10.1. The van der Waals surface area contributed by atoms with Crippen molar-refractivity contribution in [2.45, 2.75) is 26.3 Å². The maximum atomic E-state index is 10.7. The van der Waals surface area contributed by atoms with E-state index in [1.807, 2.05) is 11.8 Å². The third-order valence-electron chi connectivity index (χ3n) is 2.60. The molecule has 1 aliphatic heterocycles. The van der Waals surface area contributed by atoms with Gasteiger partial charge in [0.15, 0.2) is 0 Å². The number of aliphatic carboxylic acids is 1. The molecular formula is C9H14N2O2. The van der Waals surface area contributed by atoms with Crippen LogP contribution in [0.3, 0.4) is 0 Å². The number of hydrogen-bond acceptors (Lipinski definition) is 3. The van der Waals surface area contributed by atoms with Gasteiger partial charge in [0.25, 0.3) is 0 Å². The molecule has 1 N–H and O–H groups in total. The number of rotatable bonds is 3. The van der Waals surface area contributed by atoms with Gasteiger partial charge in [0.1, 0.15) is 0 Å². The lowest BCUT2D eigenvalue weighted by atomic mass is 9.81. The van der Waals surface area contributed by atoms with Crippen LogP contribution in [0.4, 0.5) is 0 Å². The Balaban J connectivity index is 2.50. The topological polar surface area (TPSA) is 64.3 Å². The average Bonchev–Trinajstić information content (AvgIpc) is 2.02. The highest BCUT2D eigenvalue weighted by Crippen LogP contribution is 2.31.